The minimum atomic E-state index is -0.124. The second kappa shape index (κ2) is 6.36. The summed E-state index contributed by atoms with van der Waals surface area (Å²) in [6, 6.07) is 14.9. The number of anilines is 2. The molecule has 23 heavy (non-hydrogen) atoms. The molecule has 3 aromatic rings. The van der Waals surface area contributed by atoms with Crippen molar-refractivity contribution in [2.75, 3.05) is 10.6 Å². The van der Waals surface area contributed by atoms with Crippen LogP contribution in [0, 0.1) is 0 Å². The molecule has 0 spiro atoms. The van der Waals surface area contributed by atoms with E-state index in [0.29, 0.717) is 17.8 Å². The fourth-order valence-corrected chi connectivity index (χ4v) is 2.50. The monoisotopic (exact) mass is 307 g/mol. The predicted octanol–water partition coefficient (Wildman–Crippen LogP) is 3.31. The summed E-state index contributed by atoms with van der Waals surface area (Å²) in [4.78, 5) is 26.3. The van der Waals surface area contributed by atoms with Crippen molar-refractivity contribution in [2.45, 2.75) is 13.3 Å². The van der Waals surface area contributed by atoms with Gasteiger partial charge in [0.15, 0.2) is 0 Å². The van der Waals surface area contributed by atoms with Crippen LogP contribution in [0.1, 0.15) is 12.5 Å². The summed E-state index contributed by atoms with van der Waals surface area (Å²) in [5.74, 6) is -0.205. The quantitative estimate of drug-likeness (QED) is 0.692. The normalized spacial score (nSPS) is 10.5. The number of nitrogens with one attached hydrogen (secondary N) is 3. The number of fused-ring (bicyclic) bond motifs is 1. The summed E-state index contributed by atoms with van der Waals surface area (Å²) in [7, 11) is 0. The van der Waals surface area contributed by atoms with Crippen molar-refractivity contribution < 1.29 is 9.59 Å². The van der Waals surface area contributed by atoms with Gasteiger partial charge in [-0.05, 0) is 35.9 Å². The number of hydrogen-bond donors (Lipinski definition) is 3. The molecule has 0 atom stereocenters. The van der Waals surface area contributed by atoms with Crippen LogP contribution in [0.2, 0.25) is 0 Å². The lowest BCUT2D eigenvalue weighted by Crippen LogP contribution is -2.14. The van der Waals surface area contributed by atoms with Crippen LogP contribution in [0.25, 0.3) is 10.9 Å². The van der Waals surface area contributed by atoms with E-state index in [9.17, 15) is 9.59 Å². The molecule has 0 radical (unpaired) electrons. The molecule has 0 bridgehead atoms. The van der Waals surface area contributed by atoms with Gasteiger partial charge in [0.05, 0.1) is 6.42 Å². The molecule has 0 fully saturated rings. The van der Waals surface area contributed by atoms with Gasteiger partial charge in [-0.2, -0.15) is 0 Å². The zero-order valence-corrected chi connectivity index (χ0v) is 12.7. The molecular weight excluding hydrogens is 290 g/mol. The van der Waals surface area contributed by atoms with Gasteiger partial charge in [-0.15, -0.1) is 0 Å². The first-order chi connectivity index (χ1) is 11.1. The highest BCUT2D eigenvalue weighted by Gasteiger charge is 2.09. The molecule has 5 heteroatoms. The molecule has 1 aromatic heterocycles. The SMILES string of the molecule is CC(=O)Nc1ccc(NC(=O)Cc2c[nH]c3ccccc23)cc1. The molecule has 0 aliphatic heterocycles. The van der Waals surface area contributed by atoms with Crippen LogP contribution in [0.4, 0.5) is 11.4 Å². The highest BCUT2D eigenvalue weighted by atomic mass is 16.2. The second-order valence-corrected chi connectivity index (χ2v) is 5.34. The zero-order chi connectivity index (χ0) is 16.2. The fourth-order valence-electron chi connectivity index (χ4n) is 2.50. The number of carbonyl (C=O) groups is 2. The van der Waals surface area contributed by atoms with Gasteiger partial charge >= 0.3 is 0 Å². The molecule has 3 N–H and O–H groups in total. The summed E-state index contributed by atoms with van der Waals surface area (Å²) in [6.45, 7) is 1.46. The fraction of sp³-hybridized carbons (Fsp3) is 0.111. The van der Waals surface area contributed by atoms with Crippen molar-refractivity contribution in [3.8, 4) is 0 Å². The number of carbonyl (C=O) groups excluding carboxylic acids is 2. The molecule has 3 rings (SSSR count). The van der Waals surface area contributed by atoms with Gasteiger partial charge in [0.2, 0.25) is 11.8 Å². The Morgan fingerprint density at radius 1 is 0.957 bits per heavy atom. The third-order valence-electron chi connectivity index (χ3n) is 3.51. The smallest absolute Gasteiger partial charge is 0.228 e. The lowest BCUT2D eigenvalue weighted by atomic mass is 10.1. The molecule has 0 saturated heterocycles. The van der Waals surface area contributed by atoms with E-state index >= 15 is 0 Å². The summed E-state index contributed by atoms with van der Waals surface area (Å²) >= 11 is 0. The maximum Gasteiger partial charge on any atom is 0.228 e. The summed E-state index contributed by atoms with van der Waals surface area (Å²) in [5.41, 5.74) is 3.39. The van der Waals surface area contributed by atoms with E-state index in [-0.39, 0.29) is 11.8 Å². The second-order valence-electron chi connectivity index (χ2n) is 5.34. The van der Waals surface area contributed by atoms with Crippen molar-refractivity contribution in [1.29, 1.82) is 0 Å². The maximum absolute atomic E-state index is 12.2. The number of amides is 2. The average molecular weight is 307 g/mol. The largest absolute Gasteiger partial charge is 0.361 e. The molecular formula is C18H17N3O2. The molecule has 0 unspecified atom stereocenters. The zero-order valence-electron chi connectivity index (χ0n) is 12.7. The summed E-state index contributed by atoms with van der Waals surface area (Å²) in [5, 5.41) is 6.60. The number of benzene rings is 2. The van der Waals surface area contributed by atoms with E-state index in [1.807, 2.05) is 30.5 Å². The van der Waals surface area contributed by atoms with Crippen LogP contribution in [0.3, 0.4) is 0 Å². The van der Waals surface area contributed by atoms with Crippen molar-refractivity contribution in [3.05, 3.63) is 60.3 Å². The van der Waals surface area contributed by atoms with E-state index in [1.165, 1.54) is 6.92 Å². The molecule has 1 heterocycles. The van der Waals surface area contributed by atoms with Crippen molar-refractivity contribution in [2.24, 2.45) is 0 Å². The maximum atomic E-state index is 12.2. The number of rotatable bonds is 4. The van der Waals surface area contributed by atoms with E-state index in [0.717, 1.165) is 16.5 Å². The van der Waals surface area contributed by atoms with E-state index in [4.69, 9.17) is 0 Å². The topological polar surface area (TPSA) is 74.0 Å². The lowest BCUT2D eigenvalue weighted by molar-refractivity contribution is -0.116. The Hall–Kier alpha value is -3.08. The Labute approximate surface area is 133 Å². The molecule has 0 saturated carbocycles. The predicted molar refractivity (Wildman–Crippen MR) is 91.4 cm³/mol. The van der Waals surface area contributed by atoms with Gasteiger partial charge < -0.3 is 15.6 Å². The molecule has 116 valence electrons. The standard InChI is InChI=1S/C18H17N3O2/c1-12(22)20-14-6-8-15(9-7-14)21-18(23)10-13-11-19-17-5-3-2-4-16(13)17/h2-9,11,19H,10H2,1H3,(H,20,22)(H,21,23). The molecule has 2 aromatic carbocycles. The van der Waals surface area contributed by atoms with E-state index in [1.54, 1.807) is 24.3 Å². The Morgan fingerprint density at radius 2 is 1.61 bits per heavy atom. The van der Waals surface area contributed by atoms with Crippen molar-refractivity contribution >= 4 is 34.1 Å². The number of aromatic amines is 1. The van der Waals surface area contributed by atoms with Crippen LogP contribution in [-0.2, 0) is 16.0 Å². The van der Waals surface area contributed by atoms with Crippen molar-refractivity contribution in [3.63, 3.8) is 0 Å². The molecule has 0 aliphatic carbocycles. The summed E-state index contributed by atoms with van der Waals surface area (Å²) < 4.78 is 0. The third kappa shape index (κ3) is 3.58. The highest BCUT2D eigenvalue weighted by molar-refractivity contribution is 5.96. The van der Waals surface area contributed by atoms with Crippen LogP contribution in [-0.4, -0.2) is 16.8 Å². The van der Waals surface area contributed by atoms with Crippen LogP contribution in [0.15, 0.2) is 54.7 Å². The van der Waals surface area contributed by atoms with Gasteiger partial charge in [0, 0.05) is 35.4 Å². The van der Waals surface area contributed by atoms with Gasteiger partial charge in [-0.3, -0.25) is 9.59 Å². The Bertz CT molecular complexity index is 850. The van der Waals surface area contributed by atoms with Gasteiger partial charge in [-0.25, -0.2) is 0 Å². The lowest BCUT2D eigenvalue weighted by Gasteiger charge is -2.07. The van der Waals surface area contributed by atoms with Crippen LogP contribution in [0.5, 0.6) is 0 Å². The minimum Gasteiger partial charge on any atom is -0.361 e. The van der Waals surface area contributed by atoms with Gasteiger partial charge in [0.1, 0.15) is 0 Å². The van der Waals surface area contributed by atoms with Crippen LogP contribution < -0.4 is 10.6 Å². The Kier molecular flexibility index (Phi) is 4.10. The van der Waals surface area contributed by atoms with E-state index < -0.39 is 0 Å². The number of para-hydroxylation sites is 1. The van der Waals surface area contributed by atoms with Crippen molar-refractivity contribution in [1.82, 2.24) is 4.98 Å². The minimum absolute atomic E-state index is 0.0815. The molecule has 5 nitrogen and oxygen atoms in total. The van der Waals surface area contributed by atoms with Gasteiger partial charge in [0.25, 0.3) is 0 Å². The third-order valence-corrected chi connectivity index (χ3v) is 3.51. The van der Waals surface area contributed by atoms with E-state index in [2.05, 4.69) is 15.6 Å². The number of hydrogen-bond acceptors (Lipinski definition) is 2. The first-order valence-electron chi connectivity index (χ1n) is 7.34. The first-order valence-corrected chi connectivity index (χ1v) is 7.34. The molecule has 2 amide bonds. The Morgan fingerprint density at radius 3 is 2.30 bits per heavy atom. The van der Waals surface area contributed by atoms with Crippen LogP contribution >= 0.6 is 0 Å². The number of aromatic nitrogens is 1. The Balaban J connectivity index is 1.66. The average Bonchev–Trinajstić information content (AvgIpc) is 2.92. The molecule has 0 aliphatic rings. The summed E-state index contributed by atoms with van der Waals surface area (Å²) in [6.07, 6.45) is 2.17. The first kappa shape index (κ1) is 14.8. The number of H-pyrrole nitrogens is 1. The van der Waals surface area contributed by atoms with Gasteiger partial charge in [-0.1, -0.05) is 18.2 Å². The highest BCUT2D eigenvalue weighted by Crippen LogP contribution is 2.19.